The summed E-state index contributed by atoms with van der Waals surface area (Å²) in [5.41, 5.74) is 0.776. The van der Waals surface area contributed by atoms with Gasteiger partial charge >= 0.3 is 0 Å². The Balaban J connectivity index is 1.54. The monoisotopic (exact) mass is 489 g/mol. The van der Waals surface area contributed by atoms with E-state index in [4.69, 9.17) is 21.1 Å². The van der Waals surface area contributed by atoms with Crippen molar-refractivity contribution in [3.63, 3.8) is 0 Å². The summed E-state index contributed by atoms with van der Waals surface area (Å²) >= 11 is 7.16. The van der Waals surface area contributed by atoms with Gasteiger partial charge in [-0.1, -0.05) is 11.6 Å². The lowest BCUT2D eigenvalue weighted by molar-refractivity contribution is -0.121. The van der Waals surface area contributed by atoms with Crippen LogP contribution in [0.3, 0.4) is 0 Å². The molecule has 0 radical (unpaired) electrons. The van der Waals surface area contributed by atoms with Crippen LogP contribution in [0.15, 0.2) is 18.3 Å². The predicted octanol–water partition coefficient (Wildman–Crippen LogP) is 3.69. The van der Waals surface area contributed by atoms with Crippen LogP contribution in [0, 0.1) is 12.8 Å². The number of nitrogens with zero attached hydrogens (tertiary/aromatic N) is 4. The van der Waals surface area contributed by atoms with Gasteiger partial charge in [0.05, 0.1) is 28.3 Å². The van der Waals surface area contributed by atoms with Crippen molar-refractivity contribution in [1.82, 2.24) is 19.9 Å². The fraction of sp³-hybridized carbons (Fsp3) is 0.409. The molecule has 1 fully saturated rings. The van der Waals surface area contributed by atoms with E-state index >= 15 is 0 Å². The molecule has 9 nitrogen and oxygen atoms in total. The number of aromatic nitrogens is 3. The molecule has 1 N–H and O–H groups in total. The summed E-state index contributed by atoms with van der Waals surface area (Å²) in [6.07, 6.45) is 2.92. The molecule has 2 amide bonds. The molecule has 0 spiro atoms. The number of hydrogen-bond donors (Lipinski definition) is 1. The van der Waals surface area contributed by atoms with Crippen molar-refractivity contribution in [2.24, 2.45) is 5.92 Å². The van der Waals surface area contributed by atoms with Crippen LogP contribution in [0.2, 0.25) is 5.02 Å². The summed E-state index contributed by atoms with van der Waals surface area (Å²) in [5.74, 6) is 0.752. The number of amides is 2. The van der Waals surface area contributed by atoms with Gasteiger partial charge in [0.2, 0.25) is 11.8 Å². The zero-order chi connectivity index (χ0) is 23.5. The van der Waals surface area contributed by atoms with Crippen LogP contribution in [0.5, 0.6) is 5.88 Å². The number of aryl methyl sites for hydroxylation is 1. The lowest BCUT2D eigenvalue weighted by Crippen LogP contribution is -2.43. The minimum atomic E-state index is -0.322. The van der Waals surface area contributed by atoms with Crippen LogP contribution in [-0.2, 0) is 16.1 Å². The molecule has 1 atom stereocenters. The molecular formula is C22H24ClN5O4S. The second-order valence-electron chi connectivity index (χ2n) is 7.76. The maximum Gasteiger partial charge on any atom is 0.264 e. The van der Waals surface area contributed by atoms with Crippen LogP contribution in [-0.4, -0.2) is 59.0 Å². The summed E-state index contributed by atoms with van der Waals surface area (Å²) in [4.78, 5) is 42.2. The average molecular weight is 490 g/mol. The van der Waals surface area contributed by atoms with Gasteiger partial charge in [-0.05, 0) is 37.5 Å². The van der Waals surface area contributed by atoms with Gasteiger partial charge in [-0.2, -0.15) is 4.98 Å². The summed E-state index contributed by atoms with van der Waals surface area (Å²) in [6, 6.07) is 3.32. The fourth-order valence-corrected chi connectivity index (χ4v) is 5.16. The van der Waals surface area contributed by atoms with Crippen molar-refractivity contribution in [2.75, 3.05) is 32.6 Å². The molecule has 1 unspecified atom stereocenters. The Morgan fingerprint density at radius 2 is 2.12 bits per heavy atom. The third-order valence-electron chi connectivity index (χ3n) is 5.52. The highest BCUT2D eigenvalue weighted by molar-refractivity contribution is 7.20. The maximum absolute atomic E-state index is 13.4. The number of carbonyl (C=O) groups excluding carboxylic acids is 2. The number of rotatable bonds is 6. The molecule has 4 heterocycles. The van der Waals surface area contributed by atoms with E-state index < -0.39 is 0 Å². The number of likely N-dealkylation sites (tertiary alicyclic amines) is 1. The normalized spacial score (nSPS) is 16.1. The molecule has 1 aliphatic heterocycles. The molecule has 11 heteroatoms. The molecule has 3 aromatic rings. The van der Waals surface area contributed by atoms with E-state index in [1.165, 1.54) is 17.5 Å². The molecule has 0 aliphatic carbocycles. The van der Waals surface area contributed by atoms with Gasteiger partial charge in [0.1, 0.15) is 17.3 Å². The Hall–Kier alpha value is -2.82. The van der Waals surface area contributed by atoms with Crippen molar-refractivity contribution >= 4 is 50.8 Å². The van der Waals surface area contributed by atoms with Crippen LogP contribution in [0.4, 0.5) is 5.82 Å². The zero-order valence-electron chi connectivity index (χ0n) is 18.6. The average Bonchev–Trinajstić information content (AvgIpc) is 3.16. The van der Waals surface area contributed by atoms with Crippen molar-refractivity contribution in [3.8, 4) is 5.88 Å². The number of thiophene rings is 1. The van der Waals surface area contributed by atoms with Gasteiger partial charge in [0.15, 0.2) is 5.82 Å². The first kappa shape index (κ1) is 23.3. The van der Waals surface area contributed by atoms with Gasteiger partial charge in [-0.3, -0.25) is 9.59 Å². The molecule has 33 heavy (non-hydrogen) atoms. The predicted molar refractivity (Wildman–Crippen MR) is 126 cm³/mol. The molecule has 0 saturated carbocycles. The first-order chi connectivity index (χ1) is 15.9. The van der Waals surface area contributed by atoms with Crippen LogP contribution >= 0.6 is 22.9 Å². The maximum atomic E-state index is 13.4. The van der Waals surface area contributed by atoms with Gasteiger partial charge < -0.3 is 19.7 Å². The number of ether oxygens (including phenoxy) is 2. The van der Waals surface area contributed by atoms with Crippen LogP contribution < -0.4 is 10.1 Å². The number of pyridine rings is 1. The number of hydrogen-bond acceptors (Lipinski definition) is 8. The quantitative estimate of drug-likeness (QED) is 0.562. The molecule has 1 aliphatic rings. The minimum absolute atomic E-state index is 0.118. The van der Waals surface area contributed by atoms with Gasteiger partial charge in [-0.15, -0.1) is 11.3 Å². The Kier molecular flexibility index (Phi) is 7.06. The van der Waals surface area contributed by atoms with E-state index in [9.17, 15) is 9.59 Å². The van der Waals surface area contributed by atoms with Gasteiger partial charge in [-0.25, -0.2) is 9.97 Å². The summed E-state index contributed by atoms with van der Waals surface area (Å²) in [6.45, 7) is 3.04. The van der Waals surface area contributed by atoms with E-state index in [2.05, 4.69) is 20.3 Å². The topological polar surface area (TPSA) is 107 Å². The highest BCUT2D eigenvalue weighted by Crippen LogP contribution is 2.36. The third-order valence-corrected chi connectivity index (χ3v) is 6.92. The number of carbonyl (C=O) groups is 2. The SMILES string of the molecule is COCc1nc(OC)c2c(C)c(C(=O)N3CCCC(C(=O)Nc4ccc(Cl)cn4)C3)sc2n1. The van der Waals surface area contributed by atoms with E-state index in [1.807, 2.05) is 6.92 Å². The first-order valence-electron chi connectivity index (χ1n) is 10.5. The lowest BCUT2D eigenvalue weighted by Gasteiger charge is -2.31. The van der Waals surface area contributed by atoms with E-state index in [0.29, 0.717) is 51.8 Å². The molecule has 174 valence electrons. The highest BCUT2D eigenvalue weighted by Gasteiger charge is 2.31. The number of piperidine rings is 1. The first-order valence-corrected chi connectivity index (χ1v) is 11.6. The number of anilines is 1. The fourth-order valence-electron chi connectivity index (χ4n) is 3.89. The van der Waals surface area contributed by atoms with Crippen LogP contribution in [0.1, 0.15) is 33.9 Å². The molecule has 4 rings (SSSR count). The molecular weight excluding hydrogens is 466 g/mol. The number of methoxy groups -OCH3 is 2. The second kappa shape index (κ2) is 9.98. The van der Waals surface area contributed by atoms with Gasteiger partial charge in [0, 0.05) is 26.4 Å². The highest BCUT2D eigenvalue weighted by atomic mass is 35.5. The van der Waals surface area contributed by atoms with Crippen LogP contribution in [0.25, 0.3) is 10.2 Å². The standard InChI is InChI=1S/C22H24ClN5O4S/c1-12-17-20(32-3)26-16(11-31-2)27-21(17)33-18(12)22(30)28-8-4-5-13(10-28)19(29)25-15-7-6-14(23)9-24-15/h6-7,9,13H,4-5,8,10-11H2,1-3H3,(H,24,25,29). The number of halogens is 1. The number of fused-ring (bicyclic) bond motifs is 1. The van der Waals surface area contributed by atoms with Crippen molar-refractivity contribution in [3.05, 3.63) is 39.6 Å². The zero-order valence-corrected chi connectivity index (χ0v) is 20.1. The Bertz CT molecular complexity index is 1180. The Morgan fingerprint density at radius 3 is 2.82 bits per heavy atom. The van der Waals surface area contributed by atoms with E-state index in [-0.39, 0.29) is 24.3 Å². The van der Waals surface area contributed by atoms with Crippen molar-refractivity contribution < 1.29 is 19.1 Å². The minimum Gasteiger partial charge on any atom is -0.480 e. The summed E-state index contributed by atoms with van der Waals surface area (Å²) in [5, 5.41) is 4.04. The summed E-state index contributed by atoms with van der Waals surface area (Å²) in [7, 11) is 3.11. The van der Waals surface area contributed by atoms with Crippen molar-refractivity contribution in [2.45, 2.75) is 26.4 Å². The number of nitrogens with one attached hydrogen (secondary N) is 1. The molecule has 3 aromatic heterocycles. The Morgan fingerprint density at radius 1 is 1.30 bits per heavy atom. The van der Waals surface area contributed by atoms with E-state index in [0.717, 1.165) is 17.4 Å². The molecule has 0 aromatic carbocycles. The molecule has 0 bridgehead atoms. The Labute approximate surface area is 200 Å². The second-order valence-corrected chi connectivity index (χ2v) is 9.20. The largest absolute Gasteiger partial charge is 0.480 e. The summed E-state index contributed by atoms with van der Waals surface area (Å²) < 4.78 is 10.6. The van der Waals surface area contributed by atoms with E-state index in [1.54, 1.807) is 31.3 Å². The van der Waals surface area contributed by atoms with Gasteiger partial charge in [0.25, 0.3) is 5.91 Å². The third kappa shape index (κ3) is 4.92. The lowest BCUT2D eigenvalue weighted by atomic mass is 9.96. The van der Waals surface area contributed by atoms with Crippen molar-refractivity contribution in [1.29, 1.82) is 0 Å². The smallest absolute Gasteiger partial charge is 0.264 e. The molecule has 1 saturated heterocycles.